The van der Waals surface area contributed by atoms with Crippen LogP contribution in [0, 0.1) is 0 Å². The first-order valence-corrected chi connectivity index (χ1v) is 6.21. The number of unbranched alkanes of at least 4 members (excludes halogenated alkanes) is 1. The zero-order valence-corrected chi connectivity index (χ0v) is 10.6. The highest BCUT2D eigenvalue weighted by atomic mass is 79.9. The van der Waals surface area contributed by atoms with Crippen molar-refractivity contribution in [1.29, 1.82) is 0 Å². The first-order valence-electron chi connectivity index (χ1n) is 4.71. The summed E-state index contributed by atoms with van der Waals surface area (Å²) in [4.78, 5) is 10.5. The molecule has 0 saturated heterocycles. The van der Waals surface area contributed by atoms with Crippen LogP contribution >= 0.6 is 27.5 Å². The standard InChI is InChI=1S/C11H12BrClO2/c12-5-1-2-6-15-11-4-3-9(8-14)7-10(11)13/h3-4,7-8H,1-2,5-6H2. The van der Waals surface area contributed by atoms with Crippen molar-refractivity contribution < 1.29 is 9.53 Å². The number of benzene rings is 1. The molecule has 2 nitrogen and oxygen atoms in total. The molecule has 1 aromatic rings. The molecule has 4 heteroatoms. The van der Waals surface area contributed by atoms with Crippen molar-refractivity contribution in [3.63, 3.8) is 0 Å². The fourth-order valence-electron chi connectivity index (χ4n) is 1.09. The van der Waals surface area contributed by atoms with Crippen LogP contribution in [0.25, 0.3) is 0 Å². The first kappa shape index (κ1) is 12.5. The normalized spacial score (nSPS) is 10.0. The van der Waals surface area contributed by atoms with Crippen molar-refractivity contribution in [2.45, 2.75) is 12.8 Å². The lowest BCUT2D eigenvalue weighted by atomic mass is 10.2. The van der Waals surface area contributed by atoms with E-state index in [4.69, 9.17) is 16.3 Å². The molecular formula is C11H12BrClO2. The van der Waals surface area contributed by atoms with Crippen LogP contribution in [0.15, 0.2) is 18.2 Å². The van der Waals surface area contributed by atoms with Gasteiger partial charge in [0, 0.05) is 10.9 Å². The number of ether oxygens (including phenoxy) is 1. The minimum absolute atomic E-state index is 0.485. The number of carbonyl (C=O) groups excluding carboxylic acids is 1. The molecule has 0 unspecified atom stereocenters. The summed E-state index contributed by atoms with van der Waals surface area (Å²) in [5, 5.41) is 1.46. The van der Waals surface area contributed by atoms with Gasteiger partial charge in [0.05, 0.1) is 11.6 Å². The van der Waals surface area contributed by atoms with E-state index in [1.165, 1.54) is 0 Å². The van der Waals surface area contributed by atoms with Gasteiger partial charge >= 0.3 is 0 Å². The lowest BCUT2D eigenvalue weighted by Gasteiger charge is -2.07. The van der Waals surface area contributed by atoms with E-state index in [0.717, 1.165) is 24.5 Å². The van der Waals surface area contributed by atoms with Crippen LogP contribution in [-0.2, 0) is 0 Å². The van der Waals surface area contributed by atoms with E-state index in [1.54, 1.807) is 18.2 Å². The molecule has 0 radical (unpaired) electrons. The minimum atomic E-state index is 0.485. The average Bonchev–Trinajstić information content (AvgIpc) is 2.26. The smallest absolute Gasteiger partial charge is 0.150 e. The van der Waals surface area contributed by atoms with Gasteiger partial charge in [-0.1, -0.05) is 27.5 Å². The molecule has 0 N–H and O–H groups in total. The summed E-state index contributed by atoms with van der Waals surface area (Å²) in [5.74, 6) is 0.636. The Morgan fingerprint density at radius 1 is 1.40 bits per heavy atom. The maximum Gasteiger partial charge on any atom is 0.150 e. The molecular weight excluding hydrogens is 279 g/mol. The lowest BCUT2D eigenvalue weighted by Crippen LogP contribution is -1.98. The summed E-state index contributed by atoms with van der Waals surface area (Å²) >= 11 is 9.28. The van der Waals surface area contributed by atoms with Gasteiger partial charge in [0.2, 0.25) is 0 Å². The van der Waals surface area contributed by atoms with Crippen LogP contribution in [0.5, 0.6) is 5.75 Å². The van der Waals surface area contributed by atoms with Gasteiger partial charge in [-0.2, -0.15) is 0 Å². The van der Waals surface area contributed by atoms with Crippen LogP contribution in [0.4, 0.5) is 0 Å². The molecule has 0 aliphatic carbocycles. The second kappa shape index (κ2) is 6.85. The van der Waals surface area contributed by atoms with E-state index in [0.29, 0.717) is 22.9 Å². The second-order valence-electron chi connectivity index (χ2n) is 3.05. The Morgan fingerprint density at radius 3 is 2.80 bits per heavy atom. The summed E-state index contributed by atoms with van der Waals surface area (Å²) in [6, 6.07) is 5.02. The van der Waals surface area contributed by atoms with E-state index >= 15 is 0 Å². The number of hydrogen-bond acceptors (Lipinski definition) is 2. The van der Waals surface area contributed by atoms with Crippen molar-refractivity contribution in [2.24, 2.45) is 0 Å². The van der Waals surface area contributed by atoms with Gasteiger partial charge in [0.25, 0.3) is 0 Å². The summed E-state index contributed by atoms with van der Waals surface area (Å²) in [6.07, 6.45) is 2.82. The molecule has 0 heterocycles. The van der Waals surface area contributed by atoms with Crippen LogP contribution in [0.3, 0.4) is 0 Å². The van der Waals surface area contributed by atoms with E-state index in [1.807, 2.05) is 0 Å². The lowest BCUT2D eigenvalue weighted by molar-refractivity contribution is 0.112. The van der Waals surface area contributed by atoms with Gasteiger partial charge in [0.15, 0.2) is 0 Å². The highest BCUT2D eigenvalue weighted by molar-refractivity contribution is 9.09. The number of alkyl halides is 1. The topological polar surface area (TPSA) is 26.3 Å². The average molecular weight is 292 g/mol. The van der Waals surface area contributed by atoms with E-state index in [9.17, 15) is 4.79 Å². The molecule has 0 spiro atoms. The third-order valence-electron chi connectivity index (χ3n) is 1.88. The molecule has 0 aliphatic rings. The molecule has 0 fully saturated rings. The van der Waals surface area contributed by atoms with Gasteiger partial charge in [-0.3, -0.25) is 4.79 Å². The SMILES string of the molecule is O=Cc1ccc(OCCCCBr)c(Cl)c1. The van der Waals surface area contributed by atoms with Gasteiger partial charge in [0.1, 0.15) is 12.0 Å². The third-order valence-corrected chi connectivity index (χ3v) is 2.73. The molecule has 0 bridgehead atoms. The number of rotatable bonds is 6. The van der Waals surface area contributed by atoms with Crippen LogP contribution < -0.4 is 4.74 Å². The first-order chi connectivity index (χ1) is 7.27. The second-order valence-corrected chi connectivity index (χ2v) is 4.25. The number of aldehydes is 1. The van der Waals surface area contributed by atoms with E-state index in [-0.39, 0.29) is 0 Å². The zero-order valence-electron chi connectivity index (χ0n) is 8.21. The monoisotopic (exact) mass is 290 g/mol. The molecule has 0 saturated carbocycles. The summed E-state index contributed by atoms with van der Waals surface area (Å²) in [6.45, 7) is 0.645. The molecule has 0 amide bonds. The molecule has 0 aromatic heterocycles. The van der Waals surface area contributed by atoms with Crippen molar-refractivity contribution in [2.75, 3.05) is 11.9 Å². The Kier molecular flexibility index (Phi) is 5.73. The largest absolute Gasteiger partial charge is 0.492 e. The van der Waals surface area contributed by atoms with E-state index < -0.39 is 0 Å². The van der Waals surface area contributed by atoms with Crippen LogP contribution in [-0.4, -0.2) is 18.2 Å². The Balaban J connectivity index is 2.50. The Bertz CT molecular complexity index is 328. The highest BCUT2D eigenvalue weighted by Crippen LogP contribution is 2.25. The maximum atomic E-state index is 10.5. The molecule has 15 heavy (non-hydrogen) atoms. The predicted molar refractivity (Wildman–Crippen MR) is 65.4 cm³/mol. The van der Waals surface area contributed by atoms with Crippen LogP contribution in [0.2, 0.25) is 5.02 Å². The van der Waals surface area contributed by atoms with Gasteiger partial charge in [-0.05, 0) is 31.0 Å². The van der Waals surface area contributed by atoms with E-state index in [2.05, 4.69) is 15.9 Å². The number of halogens is 2. The molecule has 0 atom stereocenters. The molecule has 82 valence electrons. The van der Waals surface area contributed by atoms with Gasteiger partial charge < -0.3 is 4.74 Å². The van der Waals surface area contributed by atoms with Crippen molar-refractivity contribution in [3.05, 3.63) is 28.8 Å². The fourth-order valence-corrected chi connectivity index (χ4v) is 1.73. The van der Waals surface area contributed by atoms with Crippen molar-refractivity contribution in [3.8, 4) is 5.75 Å². The van der Waals surface area contributed by atoms with Gasteiger partial charge in [-0.15, -0.1) is 0 Å². The van der Waals surface area contributed by atoms with Crippen molar-refractivity contribution >= 4 is 33.8 Å². The summed E-state index contributed by atoms with van der Waals surface area (Å²) in [7, 11) is 0. The van der Waals surface area contributed by atoms with Gasteiger partial charge in [-0.25, -0.2) is 0 Å². The third kappa shape index (κ3) is 4.22. The fraction of sp³-hybridized carbons (Fsp3) is 0.364. The number of hydrogen-bond donors (Lipinski definition) is 0. The highest BCUT2D eigenvalue weighted by Gasteiger charge is 2.02. The van der Waals surface area contributed by atoms with Crippen molar-refractivity contribution in [1.82, 2.24) is 0 Å². The number of carbonyl (C=O) groups is 1. The molecule has 1 aromatic carbocycles. The zero-order chi connectivity index (χ0) is 11.1. The van der Waals surface area contributed by atoms with Crippen LogP contribution in [0.1, 0.15) is 23.2 Å². The Labute approximate surface area is 103 Å². The predicted octanol–water partition coefficient (Wildman–Crippen LogP) is 3.71. The summed E-state index contributed by atoms with van der Waals surface area (Å²) in [5.41, 5.74) is 0.563. The molecule has 0 aliphatic heterocycles. The summed E-state index contributed by atoms with van der Waals surface area (Å²) < 4.78 is 5.47. The quantitative estimate of drug-likeness (QED) is 0.454. The molecule has 1 rings (SSSR count). The maximum absolute atomic E-state index is 10.5. The minimum Gasteiger partial charge on any atom is -0.492 e. The Hall–Kier alpha value is -0.540. The Morgan fingerprint density at radius 2 is 2.20 bits per heavy atom.